The molecule has 1 unspecified atom stereocenters. The van der Waals surface area contributed by atoms with Gasteiger partial charge < -0.3 is 15.7 Å². The van der Waals surface area contributed by atoms with Crippen LogP contribution in [0.3, 0.4) is 0 Å². The van der Waals surface area contributed by atoms with Gasteiger partial charge in [-0.25, -0.2) is 0 Å². The summed E-state index contributed by atoms with van der Waals surface area (Å²) in [6.45, 7) is 1.96. The van der Waals surface area contributed by atoms with Gasteiger partial charge >= 0.3 is 0 Å². The van der Waals surface area contributed by atoms with Gasteiger partial charge in [-0.1, -0.05) is 24.4 Å². The van der Waals surface area contributed by atoms with Crippen LogP contribution < -0.4 is 10.6 Å². The van der Waals surface area contributed by atoms with Gasteiger partial charge in [0, 0.05) is 18.0 Å². The summed E-state index contributed by atoms with van der Waals surface area (Å²) in [7, 11) is 0. The Hall–Kier alpha value is -0.330. The van der Waals surface area contributed by atoms with Crippen molar-refractivity contribution in [3.63, 3.8) is 0 Å². The van der Waals surface area contributed by atoms with E-state index in [-0.39, 0.29) is 30.3 Å². The number of aliphatic hydroxyl groups excluding tert-OH is 1. The third-order valence-corrected chi connectivity index (χ3v) is 6.20. The second-order valence-corrected chi connectivity index (χ2v) is 7.84. The van der Waals surface area contributed by atoms with Gasteiger partial charge in [0.2, 0.25) is 5.91 Å². The molecule has 0 aromatic carbocycles. The van der Waals surface area contributed by atoms with Crippen molar-refractivity contribution in [1.29, 1.82) is 0 Å². The molecular formula is C15H22Cl2N2O2S. The van der Waals surface area contributed by atoms with E-state index in [1.807, 2.05) is 6.07 Å². The van der Waals surface area contributed by atoms with Crippen molar-refractivity contribution in [2.75, 3.05) is 19.6 Å². The van der Waals surface area contributed by atoms with Gasteiger partial charge in [0.15, 0.2) is 0 Å². The van der Waals surface area contributed by atoms with Crippen molar-refractivity contribution in [2.24, 2.45) is 11.3 Å². The number of fused-ring (bicyclic) bond motifs is 1. The molecule has 1 amide bonds. The van der Waals surface area contributed by atoms with Crippen LogP contribution in [0.1, 0.15) is 36.7 Å². The summed E-state index contributed by atoms with van der Waals surface area (Å²) < 4.78 is 0.654. The van der Waals surface area contributed by atoms with Crippen LogP contribution in [0.25, 0.3) is 0 Å². The van der Waals surface area contributed by atoms with Crippen LogP contribution in [0.15, 0.2) is 12.1 Å². The molecule has 0 bridgehead atoms. The van der Waals surface area contributed by atoms with E-state index >= 15 is 0 Å². The van der Waals surface area contributed by atoms with E-state index in [4.69, 9.17) is 11.6 Å². The maximum atomic E-state index is 12.7. The first-order valence-electron chi connectivity index (χ1n) is 7.54. The number of hydrogen-bond donors (Lipinski definition) is 3. The molecule has 2 fully saturated rings. The first-order valence-corrected chi connectivity index (χ1v) is 8.73. The lowest BCUT2D eigenvalue weighted by Crippen LogP contribution is -2.48. The summed E-state index contributed by atoms with van der Waals surface area (Å²) in [5.74, 6) is 0.540. The Morgan fingerprint density at radius 1 is 1.55 bits per heavy atom. The lowest BCUT2D eigenvalue weighted by atomic mass is 9.67. The molecule has 1 aliphatic heterocycles. The fraction of sp³-hybridized carbons (Fsp3) is 0.667. The second-order valence-electron chi connectivity index (χ2n) is 6.10. The fourth-order valence-electron chi connectivity index (χ4n) is 3.66. The van der Waals surface area contributed by atoms with Crippen LogP contribution in [-0.2, 0) is 4.79 Å². The topological polar surface area (TPSA) is 61.4 Å². The van der Waals surface area contributed by atoms with Crippen LogP contribution in [0, 0.1) is 11.3 Å². The highest BCUT2D eigenvalue weighted by molar-refractivity contribution is 7.16. The van der Waals surface area contributed by atoms with Gasteiger partial charge in [-0.05, 0) is 37.4 Å². The number of amides is 1. The largest absolute Gasteiger partial charge is 0.386 e. The van der Waals surface area contributed by atoms with Crippen molar-refractivity contribution >= 4 is 41.3 Å². The molecule has 124 valence electrons. The van der Waals surface area contributed by atoms with E-state index in [0.717, 1.165) is 37.2 Å². The SMILES string of the molecule is Cl.O=C(NCC(O)c1ccc(Cl)s1)[C@@]12CCCC[C@H]1CNC2. The summed E-state index contributed by atoms with van der Waals surface area (Å²) >= 11 is 7.23. The zero-order valence-electron chi connectivity index (χ0n) is 12.3. The van der Waals surface area contributed by atoms with Crippen LogP contribution >= 0.6 is 35.3 Å². The lowest BCUT2D eigenvalue weighted by molar-refractivity contribution is -0.134. The van der Waals surface area contributed by atoms with Crippen LogP contribution in [-0.4, -0.2) is 30.6 Å². The van der Waals surface area contributed by atoms with E-state index in [1.54, 1.807) is 6.07 Å². The van der Waals surface area contributed by atoms with E-state index in [1.165, 1.54) is 17.8 Å². The standard InChI is InChI=1S/C15H21ClN2O2S.ClH/c16-13-5-4-12(21-13)11(19)8-18-14(20)15-6-2-1-3-10(15)7-17-9-15;/h4-5,10-11,17,19H,1-3,6-9H2,(H,18,20);1H/t10-,11?,15+;/m0./s1. The Morgan fingerprint density at radius 2 is 2.36 bits per heavy atom. The van der Waals surface area contributed by atoms with Gasteiger partial charge in [0.1, 0.15) is 6.10 Å². The maximum Gasteiger partial charge on any atom is 0.227 e. The van der Waals surface area contributed by atoms with Gasteiger partial charge in [0.05, 0.1) is 9.75 Å². The number of carbonyl (C=O) groups excluding carboxylic acids is 1. The third kappa shape index (κ3) is 3.44. The lowest BCUT2D eigenvalue weighted by Gasteiger charge is -2.37. The molecule has 4 nitrogen and oxygen atoms in total. The number of aliphatic hydroxyl groups is 1. The number of halogens is 2. The second kappa shape index (κ2) is 7.49. The van der Waals surface area contributed by atoms with Gasteiger partial charge in [0.25, 0.3) is 0 Å². The number of carbonyl (C=O) groups is 1. The predicted molar refractivity (Wildman–Crippen MR) is 91.8 cm³/mol. The fourth-order valence-corrected chi connectivity index (χ4v) is 4.71. The highest BCUT2D eigenvalue weighted by Crippen LogP contribution is 2.43. The van der Waals surface area contributed by atoms with E-state index in [9.17, 15) is 9.90 Å². The van der Waals surface area contributed by atoms with Crippen molar-refractivity contribution in [3.05, 3.63) is 21.3 Å². The normalized spacial score (nSPS) is 28.5. The molecule has 1 aliphatic carbocycles. The average Bonchev–Trinajstić information content (AvgIpc) is 3.11. The molecule has 1 saturated carbocycles. The predicted octanol–water partition coefficient (Wildman–Crippen LogP) is 2.75. The molecule has 7 heteroatoms. The molecule has 2 aliphatic rings. The van der Waals surface area contributed by atoms with Crippen LogP contribution in [0.4, 0.5) is 0 Å². The molecule has 2 heterocycles. The minimum absolute atomic E-state index is 0. The molecule has 1 saturated heterocycles. The van der Waals surface area contributed by atoms with Crippen molar-refractivity contribution in [3.8, 4) is 0 Å². The maximum absolute atomic E-state index is 12.7. The molecule has 0 spiro atoms. The molecular weight excluding hydrogens is 343 g/mol. The number of thiophene rings is 1. The quantitative estimate of drug-likeness (QED) is 0.769. The molecule has 3 atom stereocenters. The average molecular weight is 365 g/mol. The molecule has 3 N–H and O–H groups in total. The van der Waals surface area contributed by atoms with Crippen molar-refractivity contribution in [2.45, 2.75) is 31.8 Å². The summed E-state index contributed by atoms with van der Waals surface area (Å²) in [4.78, 5) is 13.5. The van der Waals surface area contributed by atoms with Gasteiger partial charge in [-0.3, -0.25) is 4.79 Å². The smallest absolute Gasteiger partial charge is 0.227 e. The Labute approximate surface area is 146 Å². The monoisotopic (exact) mass is 364 g/mol. The molecule has 3 rings (SSSR count). The first kappa shape index (κ1) is 18.0. The van der Waals surface area contributed by atoms with Crippen molar-refractivity contribution in [1.82, 2.24) is 10.6 Å². The van der Waals surface area contributed by atoms with E-state index < -0.39 is 6.10 Å². The highest BCUT2D eigenvalue weighted by atomic mass is 35.5. The van der Waals surface area contributed by atoms with E-state index in [2.05, 4.69) is 10.6 Å². The number of nitrogens with one attached hydrogen (secondary N) is 2. The van der Waals surface area contributed by atoms with Gasteiger partial charge in [-0.2, -0.15) is 0 Å². The molecule has 1 aromatic heterocycles. The Morgan fingerprint density at radius 3 is 3.09 bits per heavy atom. The highest BCUT2D eigenvalue weighted by Gasteiger charge is 2.49. The Kier molecular flexibility index (Phi) is 6.14. The van der Waals surface area contributed by atoms with Crippen molar-refractivity contribution < 1.29 is 9.90 Å². The summed E-state index contributed by atoms with van der Waals surface area (Å²) in [6.07, 6.45) is 3.74. The van der Waals surface area contributed by atoms with Crippen LogP contribution in [0.5, 0.6) is 0 Å². The van der Waals surface area contributed by atoms with Gasteiger partial charge in [-0.15, -0.1) is 23.7 Å². The summed E-state index contributed by atoms with van der Waals surface area (Å²) in [5, 5.41) is 16.5. The van der Waals surface area contributed by atoms with Crippen LogP contribution in [0.2, 0.25) is 4.34 Å². The number of hydrogen-bond acceptors (Lipinski definition) is 4. The Bertz CT molecular complexity index is 525. The summed E-state index contributed by atoms with van der Waals surface area (Å²) in [6, 6.07) is 3.58. The minimum atomic E-state index is -0.681. The van der Waals surface area contributed by atoms with E-state index in [0.29, 0.717) is 10.3 Å². The first-order chi connectivity index (χ1) is 10.1. The Balaban J connectivity index is 0.00000176. The molecule has 22 heavy (non-hydrogen) atoms. The zero-order chi connectivity index (χ0) is 14.9. The number of rotatable bonds is 4. The minimum Gasteiger partial charge on any atom is -0.386 e. The summed E-state index contributed by atoms with van der Waals surface area (Å²) in [5.41, 5.74) is -0.259. The zero-order valence-corrected chi connectivity index (χ0v) is 14.7. The molecule has 1 aromatic rings. The molecule has 0 radical (unpaired) electrons. The third-order valence-electron chi connectivity index (χ3n) is 4.87.